The molecule has 0 bridgehead atoms. The quantitative estimate of drug-likeness (QED) is 0.790. The molecule has 1 heterocycles. The minimum Gasteiger partial charge on any atom is -0.344 e. The average molecular weight is 370 g/mol. The Morgan fingerprint density at radius 1 is 1.19 bits per heavy atom. The number of amides is 1. The van der Waals surface area contributed by atoms with Crippen molar-refractivity contribution in [1.29, 1.82) is 0 Å². The Labute approximate surface area is 158 Å². The van der Waals surface area contributed by atoms with Crippen LogP contribution in [0.5, 0.6) is 0 Å². The number of hydrogen-bond acceptors (Lipinski definition) is 2. The van der Waals surface area contributed by atoms with Gasteiger partial charge >= 0.3 is 0 Å². The first kappa shape index (κ1) is 18.1. The van der Waals surface area contributed by atoms with Crippen molar-refractivity contribution in [2.45, 2.75) is 50.1 Å². The first-order chi connectivity index (χ1) is 13.0. The van der Waals surface area contributed by atoms with Gasteiger partial charge in [-0.25, -0.2) is 4.39 Å². The molecule has 2 aromatic carbocycles. The number of carbonyl (C=O) groups is 1. The first-order valence-electron chi connectivity index (χ1n) is 9.56. The molecule has 1 aliphatic carbocycles. The van der Waals surface area contributed by atoms with Gasteiger partial charge in [0.15, 0.2) is 0 Å². The van der Waals surface area contributed by atoms with E-state index in [1.165, 1.54) is 6.07 Å². The van der Waals surface area contributed by atoms with Gasteiger partial charge in [-0.3, -0.25) is 4.79 Å². The SMILES string of the molecule is CC1(c2ccc([C@@H](NC(=O)C3CCCN3F)c3ccccc3)cc2F)CC1. The summed E-state index contributed by atoms with van der Waals surface area (Å²) in [6.07, 6.45) is 3.15. The van der Waals surface area contributed by atoms with Gasteiger partial charge in [0.1, 0.15) is 11.9 Å². The highest BCUT2D eigenvalue weighted by Gasteiger charge is 2.41. The van der Waals surface area contributed by atoms with Crippen molar-refractivity contribution in [2.75, 3.05) is 6.54 Å². The molecular formula is C22H24F2N2O. The monoisotopic (exact) mass is 370 g/mol. The Balaban J connectivity index is 1.64. The molecular weight excluding hydrogens is 346 g/mol. The topological polar surface area (TPSA) is 32.3 Å². The van der Waals surface area contributed by atoms with Gasteiger partial charge in [0, 0.05) is 6.54 Å². The summed E-state index contributed by atoms with van der Waals surface area (Å²) in [6.45, 7) is 2.34. The zero-order valence-corrected chi connectivity index (χ0v) is 15.4. The molecule has 1 unspecified atom stereocenters. The predicted molar refractivity (Wildman–Crippen MR) is 100 cm³/mol. The number of nitrogens with one attached hydrogen (secondary N) is 1. The molecule has 3 nitrogen and oxygen atoms in total. The highest BCUT2D eigenvalue weighted by molar-refractivity contribution is 5.82. The molecule has 5 heteroatoms. The van der Waals surface area contributed by atoms with Gasteiger partial charge in [-0.1, -0.05) is 49.4 Å². The number of rotatable bonds is 5. The van der Waals surface area contributed by atoms with Crippen LogP contribution in [0.25, 0.3) is 0 Å². The maximum atomic E-state index is 14.8. The summed E-state index contributed by atoms with van der Waals surface area (Å²) < 4.78 is 28.6. The lowest BCUT2D eigenvalue weighted by molar-refractivity contribution is -0.131. The number of carbonyl (C=O) groups excluding carboxylic acids is 1. The third-order valence-electron chi connectivity index (χ3n) is 5.89. The Morgan fingerprint density at radius 2 is 1.93 bits per heavy atom. The third-order valence-corrected chi connectivity index (χ3v) is 5.89. The van der Waals surface area contributed by atoms with Gasteiger partial charge in [-0.15, -0.1) is 9.60 Å². The maximum Gasteiger partial charge on any atom is 0.240 e. The molecule has 1 saturated carbocycles. The van der Waals surface area contributed by atoms with Crippen molar-refractivity contribution < 1.29 is 13.7 Å². The molecule has 1 aliphatic heterocycles. The van der Waals surface area contributed by atoms with E-state index < -0.39 is 12.1 Å². The van der Waals surface area contributed by atoms with Gasteiger partial charge in [0.05, 0.1) is 6.04 Å². The molecule has 2 aromatic rings. The van der Waals surface area contributed by atoms with Gasteiger partial charge in [0.2, 0.25) is 5.91 Å². The standard InChI is InChI=1S/C22H24F2N2O/c1-22(11-12-22)17-10-9-16(14-18(17)23)20(15-6-3-2-4-7-15)25-21(27)19-8-5-13-26(19)24/h2-4,6-7,9-10,14,19-20H,5,8,11-13H2,1H3,(H,25,27)/t19?,20-/m0/s1. The predicted octanol–water partition coefficient (Wildman–Crippen LogP) is 4.43. The maximum absolute atomic E-state index is 14.8. The molecule has 142 valence electrons. The van der Waals surface area contributed by atoms with Crippen LogP contribution in [0.4, 0.5) is 8.87 Å². The molecule has 2 fully saturated rings. The van der Waals surface area contributed by atoms with Crippen LogP contribution >= 0.6 is 0 Å². The number of benzene rings is 2. The summed E-state index contributed by atoms with van der Waals surface area (Å²) in [7, 11) is 0. The minimum absolute atomic E-state index is 0.0628. The van der Waals surface area contributed by atoms with E-state index in [1.807, 2.05) is 42.5 Å². The average Bonchev–Trinajstić information content (AvgIpc) is 3.26. The largest absolute Gasteiger partial charge is 0.344 e. The summed E-state index contributed by atoms with van der Waals surface area (Å²) in [5.41, 5.74) is 2.18. The fourth-order valence-corrected chi connectivity index (χ4v) is 3.89. The van der Waals surface area contributed by atoms with Gasteiger partial charge < -0.3 is 5.32 Å². The van der Waals surface area contributed by atoms with E-state index in [2.05, 4.69) is 12.2 Å². The van der Waals surface area contributed by atoms with Gasteiger partial charge in [-0.2, -0.15) is 0 Å². The highest BCUT2D eigenvalue weighted by Crippen LogP contribution is 2.48. The lowest BCUT2D eigenvalue weighted by Gasteiger charge is -2.24. The van der Waals surface area contributed by atoms with Crippen molar-refractivity contribution in [1.82, 2.24) is 10.4 Å². The minimum atomic E-state index is -0.772. The van der Waals surface area contributed by atoms with Crippen LogP contribution in [0.3, 0.4) is 0 Å². The zero-order chi connectivity index (χ0) is 19.0. The fourth-order valence-electron chi connectivity index (χ4n) is 3.89. The van der Waals surface area contributed by atoms with Gasteiger partial charge in [0.25, 0.3) is 0 Å². The van der Waals surface area contributed by atoms with Crippen LogP contribution in [0.2, 0.25) is 0 Å². The normalized spacial score (nSPS) is 22.4. The summed E-state index contributed by atoms with van der Waals surface area (Å²) in [4.78, 5) is 12.6. The van der Waals surface area contributed by atoms with E-state index in [-0.39, 0.29) is 23.7 Å². The molecule has 0 spiro atoms. The van der Waals surface area contributed by atoms with Crippen LogP contribution < -0.4 is 5.32 Å². The Kier molecular flexibility index (Phi) is 4.72. The second-order valence-corrected chi connectivity index (χ2v) is 7.93. The van der Waals surface area contributed by atoms with Crippen molar-refractivity contribution >= 4 is 5.91 Å². The summed E-state index contributed by atoms with van der Waals surface area (Å²) in [5, 5.41) is 3.53. The molecule has 0 aromatic heterocycles. The van der Waals surface area contributed by atoms with E-state index in [0.29, 0.717) is 23.5 Å². The second kappa shape index (κ2) is 7.04. The molecule has 2 aliphatic rings. The van der Waals surface area contributed by atoms with E-state index in [0.717, 1.165) is 24.0 Å². The fraction of sp³-hybridized carbons (Fsp3) is 0.409. The van der Waals surface area contributed by atoms with Gasteiger partial charge in [-0.05, 0) is 53.9 Å². The molecule has 2 atom stereocenters. The number of hydrogen-bond donors (Lipinski definition) is 1. The van der Waals surface area contributed by atoms with Crippen molar-refractivity contribution in [3.05, 3.63) is 71.0 Å². The van der Waals surface area contributed by atoms with E-state index >= 15 is 0 Å². The Bertz CT molecular complexity index is 835. The lowest BCUT2D eigenvalue weighted by atomic mass is 9.92. The molecule has 1 amide bonds. The first-order valence-corrected chi connectivity index (χ1v) is 9.56. The van der Waals surface area contributed by atoms with Crippen LogP contribution in [0.1, 0.15) is 55.3 Å². The van der Waals surface area contributed by atoms with Crippen LogP contribution in [-0.2, 0) is 10.2 Å². The lowest BCUT2D eigenvalue weighted by Crippen LogP contribution is -2.41. The molecule has 4 rings (SSSR count). The van der Waals surface area contributed by atoms with E-state index in [4.69, 9.17) is 0 Å². The van der Waals surface area contributed by atoms with Crippen LogP contribution in [-0.4, -0.2) is 23.6 Å². The second-order valence-electron chi connectivity index (χ2n) is 7.93. The summed E-state index contributed by atoms with van der Waals surface area (Å²) in [6, 6.07) is 13.4. The molecule has 27 heavy (non-hydrogen) atoms. The zero-order valence-electron chi connectivity index (χ0n) is 15.4. The van der Waals surface area contributed by atoms with Crippen LogP contribution in [0, 0.1) is 5.82 Å². The highest BCUT2D eigenvalue weighted by atomic mass is 19.2. The third kappa shape index (κ3) is 3.61. The molecule has 0 radical (unpaired) electrons. The molecule has 1 N–H and O–H groups in total. The van der Waals surface area contributed by atoms with Crippen molar-refractivity contribution in [2.24, 2.45) is 0 Å². The van der Waals surface area contributed by atoms with E-state index in [1.54, 1.807) is 0 Å². The Morgan fingerprint density at radius 3 is 2.52 bits per heavy atom. The van der Waals surface area contributed by atoms with Crippen LogP contribution in [0.15, 0.2) is 48.5 Å². The molecule has 1 saturated heterocycles. The Hall–Kier alpha value is -2.27. The van der Waals surface area contributed by atoms with E-state index in [9.17, 15) is 13.7 Å². The summed E-state index contributed by atoms with van der Waals surface area (Å²) in [5.74, 6) is -0.599. The summed E-state index contributed by atoms with van der Waals surface area (Å²) >= 11 is 0. The number of halogens is 2. The van der Waals surface area contributed by atoms with Crippen molar-refractivity contribution in [3.63, 3.8) is 0 Å². The number of nitrogens with zero attached hydrogens (tertiary/aromatic N) is 1. The smallest absolute Gasteiger partial charge is 0.240 e. The van der Waals surface area contributed by atoms with Crippen molar-refractivity contribution in [3.8, 4) is 0 Å².